The number of hydrogen-bond donors (Lipinski definition) is 2. The molecule has 3 aromatic rings. The molecule has 13 heteroatoms. The van der Waals surface area contributed by atoms with Crippen LogP contribution < -0.4 is 5.69 Å². The number of aromatic nitrogens is 3. The van der Waals surface area contributed by atoms with Crippen LogP contribution in [0.25, 0.3) is 11.4 Å². The maximum atomic E-state index is 14.3. The number of rotatable bonds is 9. The second-order valence-corrected chi connectivity index (χ2v) is 8.55. The van der Waals surface area contributed by atoms with Crippen molar-refractivity contribution in [3.8, 4) is 11.4 Å². The van der Waals surface area contributed by atoms with Crippen molar-refractivity contribution in [3.63, 3.8) is 0 Å². The molecular weight excluding hydrogens is 517 g/mol. The largest absolute Gasteiger partial charge is 0.416 e. The van der Waals surface area contributed by atoms with Gasteiger partial charge in [0.2, 0.25) is 0 Å². The third-order valence-electron chi connectivity index (χ3n) is 5.20. The molecule has 0 saturated carbocycles. The molecule has 0 saturated heterocycles. The van der Waals surface area contributed by atoms with Crippen molar-refractivity contribution in [1.82, 2.24) is 14.3 Å². The molecule has 0 aliphatic rings. The summed E-state index contributed by atoms with van der Waals surface area (Å²) in [5, 5.41) is 23.3. The van der Waals surface area contributed by atoms with Gasteiger partial charge in [-0.1, -0.05) is 35.3 Å². The highest BCUT2D eigenvalue weighted by Gasteiger charge is 2.39. The Labute approximate surface area is 206 Å². The maximum Gasteiger partial charge on any atom is 0.416 e. The smallest absolute Gasteiger partial charge is 0.396 e. The maximum absolute atomic E-state index is 14.3. The Morgan fingerprint density at radius 2 is 1.77 bits per heavy atom. The van der Waals surface area contributed by atoms with Gasteiger partial charge in [0.05, 0.1) is 18.2 Å². The molecule has 1 heterocycles. The Balaban J connectivity index is 1.91. The fraction of sp³-hybridized carbons (Fsp3) is 0.318. The molecular formula is C22H19Cl2F4N3O4. The van der Waals surface area contributed by atoms with Crippen LogP contribution >= 0.6 is 23.2 Å². The monoisotopic (exact) mass is 535 g/mol. The molecule has 1 aromatic heterocycles. The first-order valence-corrected chi connectivity index (χ1v) is 10.9. The molecule has 2 aromatic carbocycles. The highest BCUT2D eigenvalue weighted by Crippen LogP contribution is 2.28. The molecule has 0 spiro atoms. The molecule has 0 radical (unpaired) electrons. The van der Waals surface area contributed by atoms with Crippen LogP contribution in [-0.4, -0.2) is 49.2 Å². The first-order chi connectivity index (χ1) is 16.4. The van der Waals surface area contributed by atoms with Gasteiger partial charge in [-0.15, -0.1) is 5.10 Å². The summed E-state index contributed by atoms with van der Waals surface area (Å²) in [6, 6.07) is 9.80. The van der Waals surface area contributed by atoms with E-state index in [2.05, 4.69) is 5.10 Å². The van der Waals surface area contributed by atoms with Gasteiger partial charge in [0, 0.05) is 22.9 Å². The minimum atomic E-state index is -5.00. The molecule has 35 heavy (non-hydrogen) atoms. The van der Waals surface area contributed by atoms with E-state index in [1.807, 2.05) is 0 Å². The van der Waals surface area contributed by atoms with E-state index in [0.29, 0.717) is 14.3 Å². The summed E-state index contributed by atoms with van der Waals surface area (Å²) in [4.78, 5) is 25.5. The normalized spacial score (nSPS) is 13.6. The SMILES string of the molecule is O=C(CC(CO)c1cccc(Cl)c1F)Cn1nc(-c2ccc(Cl)cc2)n(C[C@H](O)C(F)(F)F)c1=O. The zero-order valence-corrected chi connectivity index (χ0v) is 19.4. The van der Waals surface area contributed by atoms with Gasteiger partial charge in [-0.2, -0.15) is 13.2 Å². The van der Waals surface area contributed by atoms with Crippen molar-refractivity contribution in [2.24, 2.45) is 0 Å². The zero-order valence-electron chi connectivity index (χ0n) is 17.8. The van der Waals surface area contributed by atoms with Crippen LogP contribution in [0, 0.1) is 5.82 Å². The molecule has 0 bridgehead atoms. The first kappa shape index (κ1) is 26.9. The van der Waals surface area contributed by atoms with E-state index in [1.165, 1.54) is 42.5 Å². The number of ketones is 1. The molecule has 0 fully saturated rings. The molecule has 1 unspecified atom stereocenters. The molecule has 0 aliphatic carbocycles. The van der Waals surface area contributed by atoms with E-state index in [4.69, 9.17) is 23.2 Å². The Hall–Kier alpha value is -2.73. The predicted molar refractivity (Wildman–Crippen MR) is 120 cm³/mol. The number of aliphatic hydroxyl groups excluding tert-OH is 2. The number of benzene rings is 2. The molecule has 0 aliphatic heterocycles. The summed E-state index contributed by atoms with van der Waals surface area (Å²) in [7, 11) is 0. The summed E-state index contributed by atoms with van der Waals surface area (Å²) in [6.07, 6.45) is -8.25. The number of aliphatic hydroxyl groups is 2. The minimum absolute atomic E-state index is 0.00128. The molecule has 7 nitrogen and oxygen atoms in total. The van der Waals surface area contributed by atoms with Gasteiger partial charge < -0.3 is 10.2 Å². The first-order valence-electron chi connectivity index (χ1n) is 10.2. The summed E-state index contributed by atoms with van der Waals surface area (Å²) in [5.74, 6) is -2.63. The second kappa shape index (κ2) is 10.9. The number of Topliss-reactive ketones (excluding diaryl/α,β-unsaturated/α-hetero) is 1. The van der Waals surface area contributed by atoms with Gasteiger partial charge in [0.1, 0.15) is 12.4 Å². The van der Waals surface area contributed by atoms with Gasteiger partial charge in [-0.25, -0.2) is 13.9 Å². The van der Waals surface area contributed by atoms with Crippen molar-refractivity contribution in [2.75, 3.05) is 6.61 Å². The van der Waals surface area contributed by atoms with Crippen molar-refractivity contribution in [1.29, 1.82) is 0 Å². The van der Waals surface area contributed by atoms with Crippen LogP contribution in [0.2, 0.25) is 10.0 Å². The van der Waals surface area contributed by atoms with Gasteiger partial charge in [0.15, 0.2) is 17.7 Å². The van der Waals surface area contributed by atoms with E-state index in [1.54, 1.807) is 0 Å². The Morgan fingerprint density at radius 3 is 2.37 bits per heavy atom. The number of nitrogens with zero attached hydrogens (tertiary/aromatic N) is 3. The van der Waals surface area contributed by atoms with E-state index in [-0.39, 0.29) is 22.0 Å². The third-order valence-corrected chi connectivity index (χ3v) is 5.74. The lowest BCUT2D eigenvalue weighted by atomic mass is 9.94. The molecule has 0 amide bonds. The number of hydrogen-bond acceptors (Lipinski definition) is 5. The van der Waals surface area contributed by atoms with E-state index < -0.39 is 61.6 Å². The summed E-state index contributed by atoms with van der Waals surface area (Å²) >= 11 is 11.6. The fourth-order valence-electron chi connectivity index (χ4n) is 3.41. The van der Waals surface area contributed by atoms with Crippen LogP contribution in [0.4, 0.5) is 17.6 Å². The van der Waals surface area contributed by atoms with Crippen molar-refractivity contribution < 1.29 is 32.6 Å². The summed E-state index contributed by atoms with van der Waals surface area (Å²) < 4.78 is 54.4. The number of carbonyl (C=O) groups is 1. The van der Waals surface area contributed by atoms with E-state index in [0.717, 1.165) is 0 Å². The van der Waals surface area contributed by atoms with Gasteiger partial charge >= 0.3 is 11.9 Å². The average Bonchev–Trinajstić information content (AvgIpc) is 3.09. The topological polar surface area (TPSA) is 97.3 Å². The third kappa shape index (κ3) is 6.29. The van der Waals surface area contributed by atoms with Crippen molar-refractivity contribution in [2.45, 2.75) is 37.7 Å². The highest BCUT2D eigenvalue weighted by molar-refractivity contribution is 6.31. The predicted octanol–water partition coefficient (Wildman–Crippen LogP) is 3.82. The van der Waals surface area contributed by atoms with Crippen LogP contribution in [-0.2, 0) is 17.9 Å². The second-order valence-electron chi connectivity index (χ2n) is 7.70. The lowest BCUT2D eigenvalue weighted by Crippen LogP contribution is -2.37. The minimum Gasteiger partial charge on any atom is -0.396 e. The molecule has 188 valence electrons. The van der Waals surface area contributed by atoms with Crippen molar-refractivity contribution in [3.05, 3.63) is 74.4 Å². The molecule has 2 atom stereocenters. The standard InChI is InChI=1S/C22H19Cl2F4N3O4/c23-14-6-4-12(5-7-14)20-29-31(21(35)30(20)10-18(34)22(26,27)28)9-15(33)8-13(11-32)16-2-1-3-17(24)19(16)25/h1-7,13,18,32,34H,8-11H2/t13?,18-/m0/s1. The summed E-state index contributed by atoms with van der Waals surface area (Å²) in [6.45, 7) is -2.41. The lowest BCUT2D eigenvalue weighted by molar-refractivity contribution is -0.207. The van der Waals surface area contributed by atoms with Gasteiger partial charge in [-0.3, -0.25) is 9.36 Å². The zero-order chi connectivity index (χ0) is 25.9. The number of alkyl halides is 3. The number of carbonyl (C=O) groups excluding carboxylic acids is 1. The molecule has 3 rings (SSSR count). The van der Waals surface area contributed by atoms with E-state index >= 15 is 0 Å². The van der Waals surface area contributed by atoms with Crippen LogP contribution in [0.3, 0.4) is 0 Å². The Morgan fingerprint density at radius 1 is 1.11 bits per heavy atom. The van der Waals surface area contributed by atoms with Crippen LogP contribution in [0.5, 0.6) is 0 Å². The quantitative estimate of drug-likeness (QED) is 0.406. The van der Waals surface area contributed by atoms with Crippen molar-refractivity contribution >= 4 is 29.0 Å². The highest BCUT2D eigenvalue weighted by atomic mass is 35.5. The number of halogens is 6. The fourth-order valence-corrected chi connectivity index (χ4v) is 3.72. The Kier molecular flexibility index (Phi) is 8.37. The Bertz CT molecular complexity index is 1260. The van der Waals surface area contributed by atoms with Crippen LogP contribution in [0.1, 0.15) is 17.9 Å². The van der Waals surface area contributed by atoms with E-state index in [9.17, 15) is 37.4 Å². The van der Waals surface area contributed by atoms with Gasteiger partial charge in [0.25, 0.3) is 0 Å². The van der Waals surface area contributed by atoms with Crippen LogP contribution in [0.15, 0.2) is 47.3 Å². The lowest BCUT2D eigenvalue weighted by Gasteiger charge is -2.15. The summed E-state index contributed by atoms with van der Waals surface area (Å²) in [5.41, 5.74) is -0.844. The average molecular weight is 536 g/mol. The molecule has 2 N–H and O–H groups in total. The van der Waals surface area contributed by atoms with Gasteiger partial charge in [-0.05, 0) is 35.9 Å².